The highest BCUT2D eigenvalue weighted by atomic mass is 16.5. The van der Waals surface area contributed by atoms with Crippen LogP contribution < -0.4 is 4.74 Å². The molecule has 23 heavy (non-hydrogen) atoms. The Morgan fingerprint density at radius 3 is 2.43 bits per heavy atom. The van der Waals surface area contributed by atoms with Gasteiger partial charge in [0, 0.05) is 25.7 Å². The van der Waals surface area contributed by atoms with E-state index in [4.69, 9.17) is 4.74 Å². The Hall–Kier alpha value is -2.22. The lowest BCUT2D eigenvalue weighted by Gasteiger charge is -2.27. The van der Waals surface area contributed by atoms with Crippen molar-refractivity contribution in [1.82, 2.24) is 4.90 Å². The molecule has 2 aromatic rings. The summed E-state index contributed by atoms with van der Waals surface area (Å²) in [5, 5.41) is 0. The highest BCUT2D eigenvalue weighted by Crippen LogP contribution is 2.33. The van der Waals surface area contributed by atoms with Gasteiger partial charge < -0.3 is 9.64 Å². The minimum absolute atomic E-state index is 0.366. The summed E-state index contributed by atoms with van der Waals surface area (Å²) in [6.45, 7) is 2.24. The van der Waals surface area contributed by atoms with Gasteiger partial charge >= 0.3 is 0 Å². The minimum Gasteiger partial charge on any atom is -0.497 e. The molecule has 0 bridgehead atoms. The van der Waals surface area contributed by atoms with Crippen molar-refractivity contribution >= 4 is 6.08 Å². The molecule has 0 fully saturated rings. The molecule has 2 heteroatoms. The van der Waals surface area contributed by atoms with Crippen LogP contribution in [-0.2, 0) is 0 Å². The van der Waals surface area contributed by atoms with E-state index in [1.165, 1.54) is 16.8 Å². The third kappa shape index (κ3) is 4.62. The lowest BCUT2D eigenvalue weighted by molar-refractivity contribution is 0.412. The van der Waals surface area contributed by atoms with Crippen LogP contribution in [0.1, 0.15) is 36.8 Å². The van der Waals surface area contributed by atoms with Crippen LogP contribution in [0, 0.1) is 0 Å². The number of nitrogens with zero attached hydrogens (tertiary/aromatic N) is 1. The van der Waals surface area contributed by atoms with Crippen LogP contribution in [0.15, 0.2) is 60.3 Å². The molecule has 0 aliphatic heterocycles. The van der Waals surface area contributed by atoms with Crippen LogP contribution >= 0.6 is 0 Å². The summed E-state index contributed by atoms with van der Waals surface area (Å²) in [4.78, 5) is 2.23. The van der Waals surface area contributed by atoms with Crippen molar-refractivity contribution in [3.8, 4) is 5.75 Å². The number of hydrogen-bond donors (Lipinski definition) is 0. The maximum Gasteiger partial charge on any atom is 0.119 e. The molecule has 0 aliphatic carbocycles. The highest BCUT2D eigenvalue weighted by molar-refractivity contribution is 5.55. The fraction of sp³-hybridized carbons (Fsp3) is 0.333. The van der Waals surface area contributed by atoms with E-state index in [-0.39, 0.29) is 0 Å². The fourth-order valence-corrected chi connectivity index (χ4v) is 2.89. The Balaban J connectivity index is 2.44. The maximum atomic E-state index is 5.41. The zero-order chi connectivity index (χ0) is 16.7. The van der Waals surface area contributed by atoms with E-state index in [0.29, 0.717) is 5.92 Å². The maximum absolute atomic E-state index is 5.41. The molecule has 0 saturated carbocycles. The van der Waals surface area contributed by atoms with Crippen molar-refractivity contribution in [3.63, 3.8) is 0 Å². The number of methoxy groups -OCH3 is 1. The van der Waals surface area contributed by atoms with Crippen LogP contribution in [0.4, 0.5) is 0 Å². The van der Waals surface area contributed by atoms with Gasteiger partial charge in [0.25, 0.3) is 0 Å². The van der Waals surface area contributed by atoms with Crippen LogP contribution in [0.25, 0.3) is 6.08 Å². The number of allylic oxidation sites excluding steroid dienone is 1. The van der Waals surface area contributed by atoms with Gasteiger partial charge in [-0.25, -0.2) is 0 Å². The van der Waals surface area contributed by atoms with E-state index in [2.05, 4.69) is 80.5 Å². The van der Waals surface area contributed by atoms with Crippen LogP contribution in [0.3, 0.4) is 0 Å². The smallest absolute Gasteiger partial charge is 0.119 e. The molecule has 2 aromatic carbocycles. The molecular formula is C21H27NO. The summed E-state index contributed by atoms with van der Waals surface area (Å²) in [6, 6.07) is 19.0. The summed E-state index contributed by atoms with van der Waals surface area (Å²) >= 11 is 0. The fourth-order valence-electron chi connectivity index (χ4n) is 2.89. The molecule has 0 heterocycles. The third-order valence-corrected chi connectivity index (χ3v) is 4.06. The molecule has 122 valence electrons. The standard InChI is InChI=1S/C21H27NO/c1-5-10-20(18-13-9-14-19(16-18)23-4)21(22(2)3)15-17-11-7-6-8-12-17/h6-9,11-16,20H,5,10H2,1-4H3/b21-15+. The SMILES string of the molecule is CCCC(/C(=C\c1ccccc1)N(C)C)c1cccc(OC)c1. The topological polar surface area (TPSA) is 12.5 Å². The van der Waals surface area contributed by atoms with E-state index in [1.807, 2.05) is 6.07 Å². The number of likely N-dealkylation sites (N-methyl/N-ethyl adjacent to an activating group) is 1. The molecule has 0 aliphatic rings. The molecule has 0 radical (unpaired) electrons. The summed E-state index contributed by atoms with van der Waals surface area (Å²) in [5.74, 6) is 1.28. The van der Waals surface area contributed by atoms with Crippen molar-refractivity contribution in [1.29, 1.82) is 0 Å². The van der Waals surface area contributed by atoms with Crippen molar-refractivity contribution in [2.75, 3.05) is 21.2 Å². The Morgan fingerprint density at radius 2 is 1.83 bits per heavy atom. The Labute approximate surface area is 140 Å². The van der Waals surface area contributed by atoms with Crippen LogP contribution in [0.2, 0.25) is 0 Å². The summed E-state index contributed by atoms with van der Waals surface area (Å²) in [5.41, 5.74) is 3.87. The predicted octanol–water partition coefficient (Wildman–Crippen LogP) is 5.18. The number of rotatable bonds is 7. The van der Waals surface area contributed by atoms with Crippen molar-refractivity contribution in [3.05, 3.63) is 71.4 Å². The molecule has 0 spiro atoms. The Morgan fingerprint density at radius 1 is 1.09 bits per heavy atom. The molecule has 1 unspecified atom stereocenters. The van der Waals surface area contributed by atoms with Crippen molar-refractivity contribution < 1.29 is 4.74 Å². The van der Waals surface area contributed by atoms with Gasteiger partial charge in [-0.2, -0.15) is 0 Å². The van der Waals surface area contributed by atoms with E-state index >= 15 is 0 Å². The lowest BCUT2D eigenvalue weighted by atomic mass is 9.89. The number of hydrogen-bond acceptors (Lipinski definition) is 2. The largest absolute Gasteiger partial charge is 0.497 e. The molecular weight excluding hydrogens is 282 g/mol. The summed E-state index contributed by atoms with van der Waals surface area (Å²) < 4.78 is 5.41. The van der Waals surface area contributed by atoms with Gasteiger partial charge in [0.1, 0.15) is 5.75 Å². The van der Waals surface area contributed by atoms with Gasteiger partial charge in [0.15, 0.2) is 0 Å². The first-order chi connectivity index (χ1) is 11.2. The number of ether oxygens (including phenoxy) is 1. The first-order valence-corrected chi connectivity index (χ1v) is 8.23. The molecule has 0 aromatic heterocycles. The molecule has 2 nitrogen and oxygen atoms in total. The van der Waals surface area contributed by atoms with Crippen LogP contribution in [-0.4, -0.2) is 26.1 Å². The molecule has 0 saturated heterocycles. The molecule has 1 atom stereocenters. The van der Waals surface area contributed by atoms with E-state index in [1.54, 1.807) is 7.11 Å². The normalized spacial score (nSPS) is 12.8. The first kappa shape index (κ1) is 17.1. The molecule has 0 amide bonds. The zero-order valence-corrected chi connectivity index (χ0v) is 14.6. The second kappa shape index (κ2) is 8.42. The van der Waals surface area contributed by atoms with E-state index < -0.39 is 0 Å². The van der Waals surface area contributed by atoms with Gasteiger partial charge in [-0.3, -0.25) is 0 Å². The summed E-state index contributed by atoms with van der Waals surface area (Å²) in [7, 11) is 5.97. The van der Waals surface area contributed by atoms with Crippen molar-refractivity contribution in [2.45, 2.75) is 25.7 Å². The second-order valence-corrected chi connectivity index (χ2v) is 5.99. The molecule has 2 rings (SSSR count). The zero-order valence-electron chi connectivity index (χ0n) is 14.6. The van der Waals surface area contributed by atoms with Crippen LogP contribution in [0.5, 0.6) is 5.75 Å². The van der Waals surface area contributed by atoms with E-state index in [0.717, 1.165) is 18.6 Å². The molecule has 0 N–H and O–H groups in total. The monoisotopic (exact) mass is 309 g/mol. The quantitative estimate of drug-likeness (QED) is 0.698. The predicted molar refractivity (Wildman–Crippen MR) is 98.7 cm³/mol. The van der Waals surface area contributed by atoms with Gasteiger partial charge in [-0.1, -0.05) is 55.8 Å². The first-order valence-electron chi connectivity index (χ1n) is 8.23. The summed E-state index contributed by atoms with van der Waals surface area (Å²) in [6.07, 6.45) is 4.55. The van der Waals surface area contributed by atoms with Gasteiger partial charge in [-0.05, 0) is 35.8 Å². The highest BCUT2D eigenvalue weighted by Gasteiger charge is 2.18. The van der Waals surface area contributed by atoms with Gasteiger partial charge in [-0.15, -0.1) is 0 Å². The van der Waals surface area contributed by atoms with Gasteiger partial charge in [0.05, 0.1) is 7.11 Å². The lowest BCUT2D eigenvalue weighted by Crippen LogP contribution is -2.18. The Kier molecular flexibility index (Phi) is 6.28. The van der Waals surface area contributed by atoms with E-state index in [9.17, 15) is 0 Å². The average molecular weight is 309 g/mol. The second-order valence-electron chi connectivity index (χ2n) is 5.99. The Bertz CT molecular complexity index is 631. The minimum atomic E-state index is 0.366. The third-order valence-electron chi connectivity index (χ3n) is 4.06. The number of benzene rings is 2. The average Bonchev–Trinajstić information content (AvgIpc) is 2.58. The van der Waals surface area contributed by atoms with Crippen molar-refractivity contribution in [2.24, 2.45) is 0 Å². The van der Waals surface area contributed by atoms with Gasteiger partial charge in [0.2, 0.25) is 0 Å².